The van der Waals surface area contributed by atoms with Gasteiger partial charge in [0.15, 0.2) is 0 Å². The second kappa shape index (κ2) is 17.5. The molecule has 6 nitrogen and oxygen atoms in total. The molecule has 3 saturated carbocycles. The number of unbranched alkanes of at least 4 members (excludes halogenated alkanes) is 1. The highest BCUT2D eigenvalue weighted by Gasteiger charge is 2.58. The third kappa shape index (κ3) is 10.1. The molecule has 0 saturated heterocycles. The van der Waals surface area contributed by atoms with Gasteiger partial charge >= 0.3 is 5.97 Å². The summed E-state index contributed by atoms with van der Waals surface area (Å²) in [6, 6.07) is 0. The van der Waals surface area contributed by atoms with Crippen LogP contribution in [0.1, 0.15) is 137 Å². The molecule has 0 spiro atoms. The second-order valence-corrected chi connectivity index (χ2v) is 17.7. The Balaban J connectivity index is 1.24. The van der Waals surface area contributed by atoms with Crippen molar-refractivity contribution in [2.45, 2.75) is 143 Å². The first-order valence-corrected chi connectivity index (χ1v) is 19.8. The fourth-order valence-corrected chi connectivity index (χ4v) is 10.6. The molecule has 6 heteroatoms. The van der Waals surface area contributed by atoms with E-state index in [1.54, 1.807) is 5.57 Å². The van der Waals surface area contributed by atoms with E-state index in [9.17, 15) is 9.59 Å². The highest BCUT2D eigenvalue weighted by molar-refractivity contribution is 5.77. The Morgan fingerprint density at radius 3 is 2.19 bits per heavy atom. The van der Waals surface area contributed by atoms with Crippen LogP contribution in [0.3, 0.4) is 0 Å². The maximum atomic E-state index is 13.1. The molecule has 7 atom stereocenters. The van der Waals surface area contributed by atoms with Crippen LogP contribution in [0.25, 0.3) is 0 Å². The van der Waals surface area contributed by atoms with Gasteiger partial charge in [0.25, 0.3) is 0 Å². The van der Waals surface area contributed by atoms with Gasteiger partial charge in [-0.3, -0.25) is 9.59 Å². The molecule has 0 N–H and O–H groups in total. The number of carbonyl (C=O) groups is 2. The molecule has 0 radical (unpaired) electrons. The van der Waals surface area contributed by atoms with Crippen molar-refractivity contribution in [3.63, 3.8) is 0 Å². The Morgan fingerprint density at radius 1 is 0.830 bits per heavy atom. The molecule has 0 aromatic heterocycles. The lowest BCUT2D eigenvalue weighted by atomic mass is 9.47. The van der Waals surface area contributed by atoms with Gasteiger partial charge in [-0.25, -0.2) is 0 Å². The van der Waals surface area contributed by atoms with Crippen molar-refractivity contribution in [2.24, 2.45) is 40.4 Å². The molecule has 0 aromatic carbocycles. The number of hydrogen-bond donors (Lipinski definition) is 0. The molecule has 7 unspecified atom stereocenters. The average molecular weight is 656 g/mol. The van der Waals surface area contributed by atoms with Crippen molar-refractivity contribution in [3.05, 3.63) is 11.6 Å². The maximum Gasteiger partial charge on any atom is 0.306 e. The molecule has 0 aromatic rings. The van der Waals surface area contributed by atoms with E-state index in [0.29, 0.717) is 24.7 Å². The Bertz CT molecular complexity index is 1020. The summed E-state index contributed by atoms with van der Waals surface area (Å²) >= 11 is 0. The minimum Gasteiger partial charge on any atom is -0.462 e. The van der Waals surface area contributed by atoms with E-state index in [-0.39, 0.29) is 23.4 Å². The van der Waals surface area contributed by atoms with E-state index in [1.165, 1.54) is 57.8 Å². The van der Waals surface area contributed by atoms with Crippen LogP contribution in [0, 0.1) is 40.4 Å². The van der Waals surface area contributed by atoms with Crippen molar-refractivity contribution >= 4 is 11.9 Å². The van der Waals surface area contributed by atoms with Crippen LogP contribution in [-0.2, 0) is 14.3 Å². The maximum absolute atomic E-state index is 13.1. The Hall–Kier alpha value is -1.40. The number of carbonyl (C=O) groups excluding carboxylic acids is 2. The number of amides is 1. The summed E-state index contributed by atoms with van der Waals surface area (Å²) in [5, 5.41) is 0. The van der Waals surface area contributed by atoms with Crippen LogP contribution in [0.4, 0.5) is 0 Å². The molecule has 0 bridgehead atoms. The zero-order valence-corrected chi connectivity index (χ0v) is 32.0. The lowest BCUT2D eigenvalue weighted by Gasteiger charge is -2.58. The van der Waals surface area contributed by atoms with Gasteiger partial charge in [0, 0.05) is 32.4 Å². The lowest BCUT2D eigenvalue weighted by molar-refractivity contribution is -0.151. The first-order chi connectivity index (χ1) is 22.3. The van der Waals surface area contributed by atoms with Crippen molar-refractivity contribution in [2.75, 3.05) is 54.4 Å². The van der Waals surface area contributed by atoms with Gasteiger partial charge in [0.05, 0.1) is 0 Å². The number of hydrogen-bond acceptors (Lipinski definition) is 5. The molecule has 0 aliphatic heterocycles. The van der Waals surface area contributed by atoms with E-state index in [2.05, 4.69) is 71.8 Å². The molecule has 3 fully saturated rings. The summed E-state index contributed by atoms with van der Waals surface area (Å²) in [4.78, 5) is 32.4. The first kappa shape index (κ1) is 38.4. The van der Waals surface area contributed by atoms with Gasteiger partial charge in [0.1, 0.15) is 6.10 Å². The molecule has 4 aliphatic carbocycles. The quantitative estimate of drug-likeness (QED) is 0.0841. The molecule has 1 amide bonds. The molecule has 270 valence electrons. The number of rotatable bonds is 18. The molecule has 4 rings (SSSR count). The monoisotopic (exact) mass is 656 g/mol. The van der Waals surface area contributed by atoms with Crippen LogP contribution < -0.4 is 0 Å². The van der Waals surface area contributed by atoms with Gasteiger partial charge < -0.3 is 19.4 Å². The predicted molar refractivity (Wildman–Crippen MR) is 195 cm³/mol. The van der Waals surface area contributed by atoms with Gasteiger partial charge in [0.2, 0.25) is 5.91 Å². The molecule has 0 heterocycles. The largest absolute Gasteiger partial charge is 0.462 e. The number of allylic oxidation sites excluding steroid dienone is 1. The molecule has 4 aliphatic rings. The van der Waals surface area contributed by atoms with E-state index in [1.807, 2.05) is 4.90 Å². The van der Waals surface area contributed by atoms with Crippen LogP contribution in [0.15, 0.2) is 11.6 Å². The lowest BCUT2D eigenvalue weighted by Crippen LogP contribution is -2.50. The normalized spacial score (nSPS) is 31.8. The van der Waals surface area contributed by atoms with Crippen molar-refractivity contribution < 1.29 is 14.3 Å². The SMILES string of the molecule is CC(C)CCCCC1CCC2C3CC=C4CC(OC(=O)CCCC(=O)N(CCCN(C)C)CCCN(C)C)CCC4(C)C3CCC12C. The number of esters is 1. The summed E-state index contributed by atoms with van der Waals surface area (Å²) in [6.07, 6.45) is 21.5. The van der Waals surface area contributed by atoms with Crippen LogP contribution in [0.5, 0.6) is 0 Å². The fourth-order valence-electron chi connectivity index (χ4n) is 10.6. The minimum atomic E-state index is -0.119. The van der Waals surface area contributed by atoms with Crippen molar-refractivity contribution in [1.29, 1.82) is 0 Å². The number of ether oxygens (including phenoxy) is 1. The predicted octanol–water partition coefficient (Wildman–Crippen LogP) is 8.60. The summed E-state index contributed by atoms with van der Waals surface area (Å²) < 4.78 is 6.09. The number of fused-ring (bicyclic) bond motifs is 5. The van der Waals surface area contributed by atoms with Gasteiger partial charge in [-0.15, -0.1) is 0 Å². The van der Waals surface area contributed by atoms with E-state index >= 15 is 0 Å². The van der Waals surface area contributed by atoms with E-state index in [0.717, 1.165) is 87.9 Å². The molecular weight excluding hydrogens is 582 g/mol. The standard InChI is InChI=1S/C41H73N3O3/c1-31(2)14-9-10-15-32-19-21-36-35-20-18-33-30-34(22-24-41(33,4)37(35)23-25-40(32,36)3)47-39(46)17-11-16-38(45)44(28-12-26-42(5)6)29-13-27-43(7)8/h18,31-32,34-37H,9-17,19-30H2,1-8H3. The number of nitrogens with zero attached hydrogens (tertiary/aromatic N) is 3. The van der Waals surface area contributed by atoms with Crippen LogP contribution in [0.2, 0.25) is 0 Å². The minimum absolute atomic E-state index is 0.00167. The third-order valence-corrected chi connectivity index (χ3v) is 13.3. The fraction of sp³-hybridized carbons (Fsp3) is 0.902. The Morgan fingerprint density at radius 2 is 1.53 bits per heavy atom. The second-order valence-electron chi connectivity index (χ2n) is 17.7. The van der Waals surface area contributed by atoms with Crippen LogP contribution >= 0.6 is 0 Å². The topological polar surface area (TPSA) is 53.1 Å². The van der Waals surface area contributed by atoms with Gasteiger partial charge in [-0.05, 0) is 152 Å². The highest BCUT2D eigenvalue weighted by Crippen LogP contribution is 2.66. The zero-order chi connectivity index (χ0) is 34.2. The Labute approximate surface area is 289 Å². The van der Waals surface area contributed by atoms with Crippen LogP contribution in [-0.4, -0.2) is 87.0 Å². The summed E-state index contributed by atoms with van der Waals surface area (Å²) in [7, 11) is 8.29. The molecular formula is C41H73N3O3. The summed E-state index contributed by atoms with van der Waals surface area (Å²) in [6.45, 7) is 13.5. The van der Waals surface area contributed by atoms with Crippen molar-refractivity contribution in [3.8, 4) is 0 Å². The van der Waals surface area contributed by atoms with Gasteiger partial charge in [-0.1, -0.05) is 58.6 Å². The zero-order valence-electron chi connectivity index (χ0n) is 32.0. The third-order valence-electron chi connectivity index (χ3n) is 13.3. The summed E-state index contributed by atoms with van der Waals surface area (Å²) in [5.74, 6) is 4.34. The smallest absolute Gasteiger partial charge is 0.306 e. The van der Waals surface area contributed by atoms with E-state index < -0.39 is 0 Å². The first-order valence-electron chi connectivity index (χ1n) is 19.8. The average Bonchev–Trinajstić information content (AvgIpc) is 3.34. The highest BCUT2D eigenvalue weighted by atomic mass is 16.5. The van der Waals surface area contributed by atoms with Gasteiger partial charge in [-0.2, -0.15) is 0 Å². The van der Waals surface area contributed by atoms with E-state index in [4.69, 9.17) is 4.74 Å². The molecule has 47 heavy (non-hydrogen) atoms. The summed E-state index contributed by atoms with van der Waals surface area (Å²) in [5.41, 5.74) is 2.40. The van der Waals surface area contributed by atoms with Crippen molar-refractivity contribution in [1.82, 2.24) is 14.7 Å². The Kier molecular flexibility index (Phi) is 14.3.